The van der Waals surface area contributed by atoms with E-state index in [1.807, 2.05) is 20.2 Å². The molecular formula is C24H31N5O6. The summed E-state index contributed by atoms with van der Waals surface area (Å²) in [5.41, 5.74) is 2.13. The summed E-state index contributed by atoms with van der Waals surface area (Å²) in [6.45, 7) is 4.48. The predicted octanol–water partition coefficient (Wildman–Crippen LogP) is 3.78. The first kappa shape index (κ1) is 24.7. The Hall–Kier alpha value is -3.44. The lowest BCUT2D eigenvalue weighted by Crippen LogP contribution is -2.46. The summed E-state index contributed by atoms with van der Waals surface area (Å²) in [5, 5.41) is 5.84. The smallest absolute Gasteiger partial charge is 0.414 e. The Morgan fingerprint density at radius 3 is 2.74 bits per heavy atom. The fourth-order valence-electron chi connectivity index (χ4n) is 4.31. The van der Waals surface area contributed by atoms with E-state index in [1.165, 1.54) is 14.2 Å². The second kappa shape index (κ2) is 10.4. The summed E-state index contributed by atoms with van der Waals surface area (Å²) in [7, 11) is 4.69. The molecule has 4 heterocycles. The first-order valence-electron chi connectivity index (χ1n) is 11.7. The third-order valence-electron chi connectivity index (χ3n) is 6.17. The Kier molecular flexibility index (Phi) is 7.37. The molecule has 0 radical (unpaired) electrons. The van der Waals surface area contributed by atoms with E-state index in [0.29, 0.717) is 41.8 Å². The van der Waals surface area contributed by atoms with E-state index < -0.39 is 12.0 Å². The van der Waals surface area contributed by atoms with Crippen LogP contribution in [0.5, 0.6) is 0 Å². The summed E-state index contributed by atoms with van der Waals surface area (Å²) >= 11 is 0. The number of carbonyl (C=O) groups is 2. The number of hydroxylamine groups is 2. The maximum Gasteiger partial charge on any atom is 0.414 e. The Balaban J connectivity index is 1.93. The van der Waals surface area contributed by atoms with Crippen molar-refractivity contribution in [3.63, 3.8) is 0 Å². The van der Waals surface area contributed by atoms with Gasteiger partial charge >= 0.3 is 12.0 Å². The molecular weight excluding hydrogens is 454 g/mol. The lowest BCUT2D eigenvalue weighted by atomic mass is 9.99. The summed E-state index contributed by atoms with van der Waals surface area (Å²) in [4.78, 5) is 37.8. The number of furan rings is 1. The normalized spacial score (nSPS) is 18.0. The van der Waals surface area contributed by atoms with Gasteiger partial charge in [0.1, 0.15) is 5.69 Å². The number of pyridine rings is 1. The number of nitrogens with zero attached hydrogens (tertiary/aromatic N) is 5. The first-order chi connectivity index (χ1) is 16.9. The number of aromatic nitrogens is 3. The van der Waals surface area contributed by atoms with E-state index in [-0.39, 0.29) is 24.5 Å². The number of anilines is 1. The number of aryl methyl sites for hydroxylation is 1. The van der Waals surface area contributed by atoms with Crippen LogP contribution in [0.3, 0.4) is 0 Å². The van der Waals surface area contributed by atoms with Crippen molar-refractivity contribution in [2.45, 2.75) is 45.3 Å². The second-order valence-electron chi connectivity index (χ2n) is 8.38. The van der Waals surface area contributed by atoms with Gasteiger partial charge in [-0.25, -0.2) is 9.86 Å². The van der Waals surface area contributed by atoms with Crippen LogP contribution in [0.1, 0.15) is 43.7 Å². The third-order valence-corrected chi connectivity index (χ3v) is 6.17. The van der Waals surface area contributed by atoms with Gasteiger partial charge in [0, 0.05) is 43.9 Å². The molecule has 0 N–H and O–H groups in total. The van der Waals surface area contributed by atoms with Gasteiger partial charge in [0.05, 0.1) is 37.9 Å². The summed E-state index contributed by atoms with van der Waals surface area (Å²) in [6.07, 6.45) is 6.55. The van der Waals surface area contributed by atoms with Crippen molar-refractivity contribution in [3.8, 4) is 11.3 Å². The molecule has 3 aromatic rings. The van der Waals surface area contributed by atoms with E-state index in [0.717, 1.165) is 17.0 Å². The molecule has 35 heavy (non-hydrogen) atoms. The highest BCUT2D eigenvalue weighted by Gasteiger charge is 2.38. The van der Waals surface area contributed by atoms with Crippen molar-refractivity contribution < 1.29 is 28.3 Å². The Morgan fingerprint density at radius 2 is 2.09 bits per heavy atom. The van der Waals surface area contributed by atoms with Crippen LogP contribution in [0.2, 0.25) is 0 Å². The van der Waals surface area contributed by atoms with Crippen LogP contribution >= 0.6 is 0 Å². The number of fused-ring (bicyclic) bond motifs is 1. The van der Waals surface area contributed by atoms with Gasteiger partial charge in [-0.05, 0) is 32.3 Å². The highest BCUT2D eigenvalue weighted by atomic mass is 16.7. The van der Waals surface area contributed by atoms with E-state index in [2.05, 4.69) is 10.1 Å². The molecule has 11 nitrogen and oxygen atoms in total. The zero-order chi connectivity index (χ0) is 25.1. The minimum atomic E-state index is -0.550. The molecule has 2 atom stereocenters. The number of hydrogen-bond donors (Lipinski definition) is 0. The van der Waals surface area contributed by atoms with Crippen LogP contribution < -0.4 is 4.90 Å². The quantitative estimate of drug-likeness (QED) is 0.465. The molecule has 3 aromatic heterocycles. The predicted molar refractivity (Wildman–Crippen MR) is 128 cm³/mol. The monoisotopic (exact) mass is 485 g/mol. The maximum atomic E-state index is 13.4. The van der Waals surface area contributed by atoms with Gasteiger partial charge < -0.3 is 13.9 Å². The van der Waals surface area contributed by atoms with E-state index in [4.69, 9.17) is 18.7 Å². The van der Waals surface area contributed by atoms with Gasteiger partial charge in [-0.2, -0.15) is 5.10 Å². The molecule has 4 rings (SSSR count). The first-order valence-corrected chi connectivity index (χ1v) is 11.7. The van der Waals surface area contributed by atoms with Crippen LogP contribution in [-0.4, -0.2) is 71.3 Å². The van der Waals surface area contributed by atoms with Crippen LogP contribution in [-0.2, 0) is 21.4 Å². The lowest BCUT2D eigenvalue weighted by Gasteiger charge is -2.36. The Bertz CT molecular complexity index is 1200. The number of hydrogen-bond acceptors (Lipinski definition) is 8. The molecule has 0 saturated carbocycles. The minimum Gasteiger partial charge on any atom is -0.449 e. The standard InChI is InChI=1S/C24H31N5O6/c1-6-17-10-16(8-9-34-17)29(24(31)33-7-2)21-18-11-19(15-12-26-27(3)14-15)25-13-20(18)35-22(21)23(30)28(4)32-5/h11-14,16-17H,6-10H2,1-5H3/t16-,17-/m0/s1. The molecule has 1 aliphatic rings. The molecule has 0 aliphatic carbocycles. The van der Waals surface area contributed by atoms with Crippen molar-refractivity contribution in [1.82, 2.24) is 19.8 Å². The van der Waals surface area contributed by atoms with E-state index in [9.17, 15) is 9.59 Å². The Labute approximate surface area is 203 Å². The van der Waals surface area contributed by atoms with Crippen LogP contribution in [0.25, 0.3) is 22.2 Å². The molecule has 2 amide bonds. The van der Waals surface area contributed by atoms with Gasteiger partial charge in [-0.3, -0.25) is 24.2 Å². The minimum absolute atomic E-state index is 0.00253. The summed E-state index contributed by atoms with van der Waals surface area (Å²) < 4.78 is 19.0. The van der Waals surface area contributed by atoms with Gasteiger partial charge in [0.25, 0.3) is 0 Å². The molecule has 11 heteroatoms. The zero-order valence-electron chi connectivity index (χ0n) is 20.7. The highest BCUT2D eigenvalue weighted by Crippen LogP contribution is 2.39. The molecule has 1 aliphatic heterocycles. The lowest BCUT2D eigenvalue weighted by molar-refractivity contribution is -0.0772. The van der Waals surface area contributed by atoms with Gasteiger partial charge in [0.15, 0.2) is 5.58 Å². The zero-order valence-corrected chi connectivity index (χ0v) is 20.7. The van der Waals surface area contributed by atoms with Gasteiger partial charge in [-0.15, -0.1) is 0 Å². The molecule has 0 spiro atoms. The fraction of sp³-hybridized carbons (Fsp3) is 0.500. The SMILES string of the molecule is CCOC(=O)N(c1c(C(=O)N(C)OC)oc2cnc(-c3cnn(C)c3)cc12)[C@H]1CCO[C@@H](CC)C1. The van der Waals surface area contributed by atoms with Crippen molar-refractivity contribution in [1.29, 1.82) is 0 Å². The fourth-order valence-corrected chi connectivity index (χ4v) is 4.31. The molecule has 0 bridgehead atoms. The topological polar surface area (TPSA) is 112 Å². The van der Waals surface area contributed by atoms with Crippen molar-refractivity contribution >= 4 is 28.7 Å². The van der Waals surface area contributed by atoms with Crippen molar-refractivity contribution in [2.24, 2.45) is 7.05 Å². The van der Waals surface area contributed by atoms with Crippen molar-refractivity contribution in [3.05, 3.63) is 30.4 Å². The van der Waals surface area contributed by atoms with Gasteiger partial charge in [-0.1, -0.05) is 6.92 Å². The third kappa shape index (κ3) is 4.87. The van der Waals surface area contributed by atoms with Crippen LogP contribution in [0, 0.1) is 0 Å². The number of rotatable bonds is 7. The van der Waals surface area contributed by atoms with E-state index in [1.54, 1.807) is 35.0 Å². The molecule has 0 unspecified atom stereocenters. The largest absolute Gasteiger partial charge is 0.449 e. The summed E-state index contributed by atoms with van der Waals surface area (Å²) in [5.74, 6) is -0.558. The second-order valence-corrected chi connectivity index (χ2v) is 8.38. The molecule has 1 fully saturated rings. The number of amides is 2. The molecule has 1 saturated heterocycles. The maximum absolute atomic E-state index is 13.4. The van der Waals surface area contributed by atoms with Gasteiger partial charge in [0.2, 0.25) is 5.76 Å². The average Bonchev–Trinajstić information content (AvgIpc) is 3.47. The summed E-state index contributed by atoms with van der Waals surface area (Å²) in [6, 6.07) is 1.56. The van der Waals surface area contributed by atoms with E-state index >= 15 is 0 Å². The highest BCUT2D eigenvalue weighted by molar-refractivity contribution is 6.11. The van der Waals surface area contributed by atoms with Crippen molar-refractivity contribution in [2.75, 3.05) is 32.3 Å². The number of carbonyl (C=O) groups excluding carboxylic acids is 2. The van der Waals surface area contributed by atoms with Crippen LogP contribution in [0.4, 0.5) is 10.5 Å². The molecule has 0 aromatic carbocycles. The number of ether oxygens (including phenoxy) is 2. The average molecular weight is 486 g/mol. The van der Waals surface area contributed by atoms with Crippen LogP contribution in [0.15, 0.2) is 29.1 Å². The molecule has 188 valence electrons. The Morgan fingerprint density at radius 1 is 1.29 bits per heavy atom.